The van der Waals surface area contributed by atoms with Gasteiger partial charge in [0.1, 0.15) is 11.6 Å². The lowest BCUT2D eigenvalue weighted by atomic mass is 10.2. The summed E-state index contributed by atoms with van der Waals surface area (Å²) in [5.41, 5.74) is 1.88. The van der Waals surface area contributed by atoms with Crippen molar-refractivity contribution in [2.24, 2.45) is 0 Å². The predicted molar refractivity (Wildman–Crippen MR) is 106 cm³/mol. The molecule has 1 saturated heterocycles. The molecule has 1 aliphatic heterocycles. The minimum Gasteiger partial charge on any atom is -0.497 e. The molecular formula is C21H24N4O. The first-order valence-corrected chi connectivity index (χ1v) is 9.26. The van der Waals surface area contributed by atoms with Crippen LogP contribution < -0.4 is 15.0 Å². The lowest BCUT2D eigenvalue weighted by molar-refractivity contribution is 0.415. The van der Waals surface area contributed by atoms with Gasteiger partial charge >= 0.3 is 0 Å². The van der Waals surface area contributed by atoms with Crippen LogP contribution in [0.1, 0.15) is 25.7 Å². The number of hydrogen-bond donors (Lipinski definition) is 1. The highest BCUT2D eigenvalue weighted by Gasteiger charge is 2.16. The van der Waals surface area contributed by atoms with Crippen molar-refractivity contribution in [1.82, 2.24) is 9.97 Å². The highest BCUT2D eigenvalue weighted by Crippen LogP contribution is 2.28. The third kappa shape index (κ3) is 3.57. The van der Waals surface area contributed by atoms with E-state index < -0.39 is 0 Å². The van der Waals surface area contributed by atoms with Gasteiger partial charge < -0.3 is 15.0 Å². The molecule has 0 atom stereocenters. The Balaban J connectivity index is 1.73. The van der Waals surface area contributed by atoms with E-state index in [0.717, 1.165) is 41.2 Å². The number of anilines is 3. The number of para-hydroxylation sites is 1. The van der Waals surface area contributed by atoms with Crippen LogP contribution in [0.25, 0.3) is 10.9 Å². The van der Waals surface area contributed by atoms with Gasteiger partial charge in [-0.2, -0.15) is 4.98 Å². The van der Waals surface area contributed by atoms with E-state index in [2.05, 4.69) is 28.4 Å². The molecule has 0 bridgehead atoms. The fourth-order valence-corrected chi connectivity index (χ4v) is 3.47. The van der Waals surface area contributed by atoms with Crippen LogP contribution in [-0.4, -0.2) is 30.2 Å². The number of hydrogen-bond acceptors (Lipinski definition) is 5. The van der Waals surface area contributed by atoms with Crippen LogP contribution in [0.5, 0.6) is 5.75 Å². The van der Waals surface area contributed by atoms with Crippen molar-refractivity contribution >= 4 is 28.4 Å². The van der Waals surface area contributed by atoms with Gasteiger partial charge in [-0.3, -0.25) is 0 Å². The van der Waals surface area contributed by atoms with E-state index in [9.17, 15) is 0 Å². The monoisotopic (exact) mass is 348 g/mol. The minimum atomic E-state index is 0.621. The summed E-state index contributed by atoms with van der Waals surface area (Å²) in [4.78, 5) is 12.0. The second-order valence-corrected chi connectivity index (χ2v) is 6.65. The van der Waals surface area contributed by atoms with Crippen LogP contribution in [0.3, 0.4) is 0 Å². The van der Waals surface area contributed by atoms with Gasteiger partial charge in [0, 0.05) is 30.2 Å². The maximum atomic E-state index is 5.31. The summed E-state index contributed by atoms with van der Waals surface area (Å²) < 4.78 is 5.31. The molecular weight excluding hydrogens is 324 g/mol. The molecule has 3 aromatic rings. The van der Waals surface area contributed by atoms with Gasteiger partial charge in [0.05, 0.1) is 12.6 Å². The predicted octanol–water partition coefficient (Wildman–Crippen LogP) is 4.76. The van der Waals surface area contributed by atoms with E-state index in [-0.39, 0.29) is 0 Å². The molecule has 0 unspecified atom stereocenters. The molecule has 4 rings (SSSR count). The number of ether oxygens (including phenoxy) is 1. The van der Waals surface area contributed by atoms with Gasteiger partial charge in [-0.05, 0) is 37.1 Å². The topological polar surface area (TPSA) is 50.3 Å². The second-order valence-electron chi connectivity index (χ2n) is 6.65. The number of nitrogens with zero attached hydrogens (tertiary/aromatic N) is 3. The number of fused-ring (bicyclic) bond motifs is 1. The van der Waals surface area contributed by atoms with E-state index in [1.54, 1.807) is 7.11 Å². The molecule has 0 amide bonds. The summed E-state index contributed by atoms with van der Waals surface area (Å²) in [6.07, 6.45) is 5.04. The lowest BCUT2D eigenvalue weighted by Gasteiger charge is -2.23. The third-order valence-corrected chi connectivity index (χ3v) is 4.81. The van der Waals surface area contributed by atoms with Gasteiger partial charge in [0.15, 0.2) is 0 Å². The zero-order valence-corrected chi connectivity index (χ0v) is 15.1. The van der Waals surface area contributed by atoms with Crippen molar-refractivity contribution < 1.29 is 4.74 Å². The van der Waals surface area contributed by atoms with Crippen molar-refractivity contribution in [3.63, 3.8) is 0 Å². The summed E-state index contributed by atoms with van der Waals surface area (Å²) >= 11 is 0. The number of nitrogens with one attached hydrogen (secondary N) is 1. The fourth-order valence-electron chi connectivity index (χ4n) is 3.47. The van der Waals surface area contributed by atoms with Crippen molar-refractivity contribution in [2.45, 2.75) is 25.7 Å². The third-order valence-electron chi connectivity index (χ3n) is 4.81. The molecule has 1 aromatic heterocycles. The summed E-state index contributed by atoms with van der Waals surface area (Å²) in [6, 6.07) is 16.1. The Hall–Kier alpha value is -2.82. The van der Waals surface area contributed by atoms with E-state index in [0.29, 0.717) is 5.95 Å². The Labute approximate surface area is 154 Å². The minimum absolute atomic E-state index is 0.621. The summed E-state index contributed by atoms with van der Waals surface area (Å²) in [7, 11) is 1.67. The van der Waals surface area contributed by atoms with E-state index >= 15 is 0 Å². The smallest absolute Gasteiger partial charge is 0.229 e. The Kier molecular flexibility index (Phi) is 4.86. The molecule has 26 heavy (non-hydrogen) atoms. The average Bonchev–Trinajstić information content (AvgIpc) is 2.97. The zero-order chi connectivity index (χ0) is 17.8. The Morgan fingerprint density at radius 3 is 2.54 bits per heavy atom. The highest BCUT2D eigenvalue weighted by molar-refractivity contribution is 5.90. The first-order chi connectivity index (χ1) is 12.8. The molecule has 0 radical (unpaired) electrons. The van der Waals surface area contributed by atoms with Crippen molar-refractivity contribution in [3.8, 4) is 5.75 Å². The first-order valence-electron chi connectivity index (χ1n) is 9.26. The zero-order valence-electron chi connectivity index (χ0n) is 15.1. The number of rotatable bonds is 4. The SMILES string of the molecule is COc1cccc(Nc2nc(N3CCCCCC3)c3ccccc3n2)c1. The van der Waals surface area contributed by atoms with E-state index in [1.165, 1.54) is 25.7 Å². The van der Waals surface area contributed by atoms with Gasteiger partial charge in [-0.1, -0.05) is 31.0 Å². The molecule has 0 saturated carbocycles. The average molecular weight is 348 g/mol. The molecule has 1 N–H and O–H groups in total. The molecule has 1 fully saturated rings. The molecule has 2 heterocycles. The molecule has 1 aliphatic rings. The number of benzene rings is 2. The van der Waals surface area contributed by atoms with Gasteiger partial charge in [-0.25, -0.2) is 4.98 Å². The Morgan fingerprint density at radius 2 is 1.73 bits per heavy atom. The standard InChI is InChI=1S/C21H24N4O/c1-26-17-10-8-9-16(15-17)22-21-23-19-12-5-4-11-18(19)20(24-21)25-13-6-2-3-7-14-25/h4-5,8-12,15H,2-3,6-7,13-14H2,1H3,(H,22,23,24). The summed E-state index contributed by atoms with van der Waals surface area (Å²) in [5.74, 6) is 2.46. The number of aromatic nitrogens is 2. The Bertz CT molecular complexity index is 888. The van der Waals surface area contributed by atoms with Crippen LogP contribution in [0, 0.1) is 0 Å². The summed E-state index contributed by atoms with van der Waals surface area (Å²) in [5, 5.41) is 4.45. The Morgan fingerprint density at radius 1 is 0.923 bits per heavy atom. The molecule has 134 valence electrons. The fraction of sp³-hybridized carbons (Fsp3) is 0.333. The highest BCUT2D eigenvalue weighted by atomic mass is 16.5. The molecule has 5 heteroatoms. The van der Waals surface area contributed by atoms with Crippen LogP contribution >= 0.6 is 0 Å². The van der Waals surface area contributed by atoms with E-state index in [4.69, 9.17) is 14.7 Å². The van der Waals surface area contributed by atoms with Gasteiger partial charge in [0.25, 0.3) is 0 Å². The molecule has 5 nitrogen and oxygen atoms in total. The van der Waals surface area contributed by atoms with Gasteiger partial charge in [0.2, 0.25) is 5.95 Å². The maximum absolute atomic E-state index is 5.31. The van der Waals surface area contributed by atoms with Crippen LogP contribution in [-0.2, 0) is 0 Å². The first kappa shape index (κ1) is 16.6. The van der Waals surface area contributed by atoms with Crippen LogP contribution in [0.2, 0.25) is 0 Å². The van der Waals surface area contributed by atoms with Crippen molar-refractivity contribution in [1.29, 1.82) is 0 Å². The largest absolute Gasteiger partial charge is 0.497 e. The maximum Gasteiger partial charge on any atom is 0.229 e. The van der Waals surface area contributed by atoms with E-state index in [1.807, 2.05) is 30.3 Å². The second kappa shape index (κ2) is 7.60. The quantitative estimate of drug-likeness (QED) is 0.736. The molecule has 0 aliphatic carbocycles. The summed E-state index contributed by atoms with van der Waals surface area (Å²) in [6.45, 7) is 2.11. The number of methoxy groups -OCH3 is 1. The van der Waals surface area contributed by atoms with Crippen LogP contribution in [0.15, 0.2) is 48.5 Å². The van der Waals surface area contributed by atoms with Gasteiger partial charge in [-0.15, -0.1) is 0 Å². The normalized spacial score (nSPS) is 14.9. The lowest BCUT2D eigenvalue weighted by Crippen LogP contribution is -2.25. The van der Waals surface area contributed by atoms with Crippen LogP contribution in [0.4, 0.5) is 17.5 Å². The van der Waals surface area contributed by atoms with Crippen molar-refractivity contribution in [2.75, 3.05) is 30.4 Å². The molecule has 2 aromatic carbocycles. The molecule has 0 spiro atoms. The van der Waals surface area contributed by atoms with Crippen molar-refractivity contribution in [3.05, 3.63) is 48.5 Å².